The highest BCUT2D eigenvalue weighted by molar-refractivity contribution is 7.32. The van der Waals surface area contributed by atoms with Crippen LogP contribution in [0.1, 0.15) is 32.1 Å². The minimum absolute atomic E-state index is 0.0697. The molecule has 0 spiro atoms. The van der Waals surface area contributed by atoms with Gasteiger partial charge in [-0.3, -0.25) is 14.2 Å². The lowest BCUT2D eigenvalue weighted by molar-refractivity contribution is -0.140. The molecule has 1 rings (SSSR count). The Balaban J connectivity index is 2.56. The molecule has 1 aliphatic heterocycles. The van der Waals surface area contributed by atoms with Crippen molar-refractivity contribution in [1.82, 2.24) is 4.90 Å². The molecular formula is C14H25N2O6P. The third-order valence-corrected chi connectivity index (χ3v) is 4.20. The van der Waals surface area contributed by atoms with Crippen molar-refractivity contribution in [3.63, 3.8) is 0 Å². The van der Waals surface area contributed by atoms with E-state index in [1.165, 1.54) is 17.2 Å². The van der Waals surface area contributed by atoms with Crippen LogP contribution in [0.3, 0.4) is 0 Å². The molecular weight excluding hydrogens is 323 g/mol. The molecule has 3 atom stereocenters. The average Bonchev–Trinajstić information content (AvgIpc) is 2.51. The Bertz CT molecular complexity index is 457. The van der Waals surface area contributed by atoms with Gasteiger partial charge < -0.3 is 25.2 Å². The number of aliphatic hydroxyl groups excluding tert-OH is 1. The summed E-state index contributed by atoms with van der Waals surface area (Å²) in [5, 5.41) is 9.14. The number of unbranched alkanes of at least 4 members (excludes halogenated alkanes) is 3. The maximum Gasteiger partial charge on any atom is 0.316 e. The van der Waals surface area contributed by atoms with Crippen molar-refractivity contribution < 1.29 is 28.7 Å². The molecule has 23 heavy (non-hydrogen) atoms. The molecule has 4 N–H and O–H groups in total. The second kappa shape index (κ2) is 10.7. The number of hydrogen-bond donors (Lipinski definition) is 3. The zero-order valence-corrected chi connectivity index (χ0v) is 14.0. The fraction of sp³-hybridized carbons (Fsp3) is 0.714. The van der Waals surface area contributed by atoms with Crippen molar-refractivity contribution >= 4 is 19.9 Å². The van der Waals surface area contributed by atoms with E-state index in [2.05, 4.69) is 4.52 Å². The van der Waals surface area contributed by atoms with Gasteiger partial charge in [-0.2, -0.15) is 0 Å². The molecule has 0 radical (unpaired) electrons. The molecule has 0 bridgehead atoms. The SMILES string of the molecule is NCCCCCCC1C(=O)C=CN(CC(CO)O[PH](=O)O)C1=O. The van der Waals surface area contributed by atoms with Crippen molar-refractivity contribution in [2.45, 2.75) is 38.2 Å². The van der Waals surface area contributed by atoms with Gasteiger partial charge in [-0.25, -0.2) is 0 Å². The van der Waals surface area contributed by atoms with Gasteiger partial charge in [-0.15, -0.1) is 0 Å². The zero-order valence-electron chi connectivity index (χ0n) is 13.0. The number of rotatable bonds is 11. The quantitative estimate of drug-likeness (QED) is 0.276. The molecule has 0 aromatic rings. The monoisotopic (exact) mass is 348 g/mol. The van der Waals surface area contributed by atoms with Gasteiger partial charge in [0.15, 0.2) is 5.78 Å². The highest BCUT2D eigenvalue weighted by atomic mass is 31.1. The number of aliphatic hydroxyl groups is 1. The van der Waals surface area contributed by atoms with Crippen LogP contribution in [0.15, 0.2) is 12.3 Å². The van der Waals surface area contributed by atoms with E-state index in [0.29, 0.717) is 13.0 Å². The van der Waals surface area contributed by atoms with E-state index >= 15 is 0 Å². The molecule has 0 aliphatic carbocycles. The summed E-state index contributed by atoms with van der Waals surface area (Å²) < 4.78 is 15.4. The second-order valence-electron chi connectivity index (χ2n) is 5.44. The molecule has 1 heterocycles. The highest BCUT2D eigenvalue weighted by Crippen LogP contribution is 2.23. The van der Waals surface area contributed by atoms with Crippen molar-refractivity contribution in [1.29, 1.82) is 0 Å². The van der Waals surface area contributed by atoms with Crippen molar-refractivity contribution in [2.75, 3.05) is 19.7 Å². The van der Waals surface area contributed by atoms with Crippen LogP contribution in [0.5, 0.6) is 0 Å². The van der Waals surface area contributed by atoms with Gasteiger partial charge in [0, 0.05) is 6.20 Å². The lowest BCUT2D eigenvalue weighted by Gasteiger charge is -2.29. The number of allylic oxidation sites excluding steroid dienone is 1. The molecule has 9 heteroatoms. The number of nitrogens with two attached hydrogens (primary N) is 1. The lowest BCUT2D eigenvalue weighted by Crippen LogP contribution is -2.43. The second-order valence-corrected chi connectivity index (χ2v) is 6.21. The predicted molar refractivity (Wildman–Crippen MR) is 84.7 cm³/mol. The van der Waals surface area contributed by atoms with E-state index in [0.717, 1.165) is 25.7 Å². The summed E-state index contributed by atoms with van der Waals surface area (Å²) in [5.74, 6) is -1.33. The molecule has 1 aliphatic rings. The van der Waals surface area contributed by atoms with E-state index in [9.17, 15) is 14.2 Å². The average molecular weight is 348 g/mol. The first-order valence-corrected chi connectivity index (χ1v) is 8.99. The van der Waals surface area contributed by atoms with E-state index in [1.807, 2.05) is 0 Å². The third kappa shape index (κ3) is 6.93. The molecule has 0 aromatic carbocycles. The van der Waals surface area contributed by atoms with E-state index in [4.69, 9.17) is 15.7 Å². The smallest absolute Gasteiger partial charge is 0.316 e. The van der Waals surface area contributed by atoms with Crippen LogP contribution in [-0.2, 0) is 18.7 Å². The molecule has 132 valence electrons. The number of hydrogen-bond acceptors (Lipinski definition) is 6. The number of carbonyl (C=O) groups excluding carboxylic acids is 2. The molecule has 8 nitrogen and oxygen atoms in total. The summed E-state index contributed by atoms with van der Waals surface area (Å²) in [6.07, 6.45) is 5.72. The molecule has 1 amide bonds. The topological polar surface area (TPSA) is 130 Å². The van der Waals surface area contributed by atoms with Crippen LogP contribution in [0.25, 0.3) is 0 Å². The minimum Gasteiger partial charge on any atom is -0.394 e. The van der Waals surface area contributed by atoms with E-state index in [-0.39, 0.29) is 18.2 Å². The Morgan fingerprint density at radius 3 is 2.61 bits per heavy atom. The molecule has 0 aromatic heterocycles. The summed E-state index contributed by atoms with van der Waals surface area (Å²) in [5.41, 5.74) is 5.42. The van der Waals surface area contributed by atoms with Gasteiger partial charge in [0.1, 0.15) is 12.0 Å². The maximum atomic E-state index is 12.4. The van der Waals surface area contributed by atoms with Gasteiger partial charge in [0.25, 0.3) is 0 Å². The van der Waals surface area contributed by atoms with Gasteiger partial charge in [-0.05, 0) is 25.5 Å². The fourth-order valence-electron chi connectivity index (χ4n) is 2.43. The molecule has 0 saturated carbocycles. The molecule has 3 unspecified atom stereocenters. The third-order valence-electron chi connectivity index (χ3n) is 3.66. The van der Waals surface area contributed by atoms with Crippen LogP contribution in [0.4, 0.5) is 0 Å². The summed E-state index contributed by atoms with van der Waals surface area (Å²) in [4.78, 5) is 34.3. The summed E-state index contributed by atoms with van der Waals surface area (Å²) in [7, 11) is -3.21. The van der Waals surface area contributed by atoms with Crippen molar-refractivity contribution in [3.05, 3.63) is 12.3 Å². The first kappa shape index (κ1) is 20.0. The van der Waals surface area contributed by atoms with Crippen molar-refractivity contribution in [3.8, 4) is 0 Å². The summed E-state index contributed by atoms with van der Waals surface area (Å²) >= 11 is 0. The molecule has 0 fully saturated rings. The van der Waals surface area contributed by atoms with Crippen molar-refractivity contribution in [2.24, 2.45) is 11.7 Å². The van der Waals surface area contributed by atoms with Gasteiger partial charge >= 0.3 is 8.25 Å². The standard InChI is InChI=1S/C14H25N2O6P/c15-7-4-2-1-3-5-12-13(18)6-8-16(14(12)19)9-11(10-17)22-23(20)21/h6,8,11-12,17,23H,1-5,7,9-10,15H2,(H,20,21). The van der Waals surface area contributed by atoms with Crippen LogP contribution >= 0.6 is 8.25 Å². The first-order chi connectivity index (χ1) is 11.0. The molecule has 0 saturated heterocycles. The summed E-state index contributed by atoms with van der Waals surface area (Å²) in [6, 6.07) is 0. The Morgan fingerprint density at radius 1 is 1.30 bits per heavy atom. The lowest BCUT2D eigenvalue weighted by atomic mass is 9.92. The largest absolute Gasteiger partial charge is 0.394 e. The Labute approximate surface area is 136 Å². The fourth-order valence-corrected chi connectivity index (χ4v) is 2.87. The first-order valence-electron chi connectivity index (χ1n) is 7.72. The van der Waals surface area contributed by atoms with Gasteiger partial charge in [0.05, 0.1) is 13.2 Å². The number of carbonyl (C=O) groups is 2. The normalized spacial score (nSPS) is 20.8. The van der Waals surface area contributed by atoms with Crippen LogP contribution in [-0.4, -0.2) is 52.4 Å². The number of nitrogens with zero attached hydrogens (tertiary/aromatic N) is 1. The number of amides is 1. The van der Waals surface area contributed by atoms with Crippen LogP contribution in [0, 0.1) is 5.92 Å². The van der Waals surface area contributed by atoms with Crippen LogP contribution in [0.2, 0.25) is 0 Å². The van der Waals surface area contributed by atoms with E-state index in [1.54, 1.807) is 0 Å². The van der Waals surface area contributed by atoms with E-state index < -0.39 is 26.9 Å². The predicted octanol–water partition coefficient (Wildman–Crippen LogP) is 0.196. The maximum absolute atomic E-state index is 12.4. The Hall–Kier alpha value is -1.05. The minimum atomic E-state index is -3.21. The number of ketones is 1. The van der Waals surface area contributed by atoms with Gasteiger partial charge in [0.2, 0.25) is 5.91 Å². The Kier molecular flexibility index (Phi) is 9.28. The zero-order chi connectivity index (χ0) is 17.2. The highest BCUT2D eigenvalue weighted by Gasteiger charge is 2.32. The Morgan fingerprint density at radius 2 is 2.00 bits per heavy atom. The van der Waals surface area contributed by atoms with Gasteiger partial charge in [-0.1, -0.05) is 19.3 Å². The van der Waals surface area contributed by atoms with Crippen LogP contribution < -0.4 is 5.73 Å². The summed E-state index contributed by atoms with van der Waals surface area (Å²) in [6.45, 7) is 0.0698.